The van der Waals surface area contributed by atoms with E-state index in [0.29, 0.717) is 6.61 Å². The van der Waals surface area contributed by atoms with Gasteiger partial charge in [0, 0.05) is 0 Å². The average molecular weight is 279 g/mol. The van der Waals surface area contributed by atoms with Crippen molar-refractivity contribution in [3.05, 3.63) is 35.9 Å². The minimum absolute atomic E-state index is 0.183. The van der Waals surface area contributed by atoms with Crippen LogP contribution in [0.2, 0.25) is 0 Å². The van der Waals surface area contributed by atoms with Crippen molar-refractivity contribution in [3.63, 3.8) is 0 Å². The number of hydrogen-bond acceptors (Lipinski definition) is 3. The third-order valence-corrected chi connectivity index (χ3v) is 2.94. The highest BCUT2D eigenvalue weighted by Crippen LogP contribution is 2.06. The molecule has 0 heterocycles. The van der Waals surface area contributed by atoms with Crippen LogP contribution < -0.4 is 5.32 Å². The number of hydrogen-bond donors (Lipinski definition) is 2. The number of nitrogens with one attached hydrogen (secondary N) is 1. The van der Waals surface area contributed by atoms with Gasteiger partial charge in [-0.25, -0.2) is 4.79 Å². The number of amides is 1. The predicted octanol–water partition coefficient (Wildman–Crippen LogP) is 1.82. The van der Waals surface area contributed by atoms with Crippen molar-refractivity contribution in [2.45, 2.75) is 39.5 Å². The summed E-state index contributed by atoms with van der Waals surface area (Å²) in [5.74, 6) is -1.64. The molecule has 0 aliphatic rings. The first-order valence-corrected chi connectivity index (χ1v) is 6.60. The Morgan fingerprint density at radius 3 is 2.30 bits per heavy atom. The molecule has 0 unspecified atom stereocenters. The fourth-order valence-corrected chi connectivity index (χ4v) is 1.66. The first kappa shape index (κ1) is 16.2. The summed E-state index contributed by atoms with van der Waals surface area (Å²) in [4.78, 5) is 22.9. The van der Waals surface area contributed by atoms with Gasteiger partial charge in [0.25, 0.3) is 0 Å². The molecular weight excluding hydrogens is 258 g/mol. The van der Waals surface area contributed by atoms with Gasteiger partial charge in [0.1, 0.15) is 12.1 Å². The predicted molar refractivity (Wildman–Crippen MR) is 75.1 cm³/mol. The van der Waals surface area contributed by atoms with E-state index < -0.39 is 24.0 Å². The summed E-state index contributed by atoms with van der Waals surface area (Å²) in [6.45, 7) is 5.41. The molecule has 0 aliphatic carbocycles. The molecule has 1 aromatic carbocycles. The molecule has 2 N–H and O–H groups in total. The minimum Gasteiger partial charge on any atom is -0.480 e. The molecule has 1 rings (SSSR count). The van der Waals surface area contributed by atoms with E-state index in [1.54, 1.807) is 20.8 Å². The molecule has 0 bridgehead atoms. The van der Waals surface area contributed by atoms with Crippen LogP contribution >= 0.6 is 0 Å². The maximum absolute atomic E-state index is 11.9. The van der Waals surface area contributed by atoms with Gasteiger partial charge in [-0.3, -0.25) is 4.79 Å². The highest BCUT2D eigenvalue weighted by atomic mass is 16.5. The molecule has 5 heteroatoms. The standard InChI is InChI=1S/C15H21NO4/c1-10(2)13(15(18)19)16-14(17)11(3)20-9-12-7-5-4-6-8-12/h4-8,10-11,13H,9H2,1-3H3,(H,16,17)(H,18,19)/t11-,13-/m0/s1. The van der Waals surface area contributed by atoms with Gasteiger partial charge in [0.15, 0.2) is 0 Å². The first-order valence-electron chi connectivity index (χ1n) is 6.60. The smallest absolute Gasteiger partial charge is 0.326 e. The number of rotatable bonds is 7. The molecule has 2 atom stereocenters. The summed E-state index contributed by atoms with van der Waals surface area (Å²) in [5.41, 5.74) is 0.964. The zero-order valence-electron chi connectivity index (χ0n) is 12.0. The lowest BCUT2D eigenvalue weighted by atomic mass is 10.0. The van der Waals surface area contributed by atoms with Crippen molar-refractivity contribution < 1.29 is 19.4 Å². The first-order chi connectivity index (χ1) is 9.41. The lowest BCUT2D eigenvalue weighted by molar-refractivity contribution is -0.145. The Labute approximate surface area is 118 Å². The SMILES string of the molecule is CC(C)[C@H](NC(=O)[C@H](C)OCc1ccccc1)C(=O)O. The van der Waals surface area contributed by atoms with E-state index in [4.69, 9.17) is 9.84 Å². The van der Waals surface area contributed by atoms with E-state index in [1.807, 2.05) is 30.3 Å². The zero-order valence-corrected chi connectivity index (χ0v) is 12.0. The van der Waals surface area contributed by atoms with Crippen LogP contribution in [0.3, 0.4) is 0 Å². The van der Waals surface area contributed by atoms with Crippen LogP contribution in [0.15, 0.2) is 30.3 Å². The van der Waals surface area contributed by atoms with Gasteiger partial charge in [-0.05, 0) is 18.4 Å². The molecule has 0 saturated carbocycles. The van der Waals surface area contributed by atoms with Crippen LogP contribution in [-0.4, -0.2) is 29.1 Å². The van der Waals surface area contributed by atoms with Gasteiger partial charge in [0.05, 0.1) is 6.61 Å². The number of carboxylic acid groups (broad SMARTS) is 1. The highest BCUT2D eigenvalue weighted by Gasteiger charge is 2.25. The Morgan fingerprint density at radius 2 is 1.80 bits per heavy atom. The lowest BCUT2D eigenvalue weighted by Gasteiger charge is -2.20. The molecule has 0 saturated heterocycles. The molecule has 1 aromatic rings. The zero-order chi connectivity index (χ0) is 15.1. The number of carboxylic acids is 1. The second kappa shape index (κ2) is 7.65. The number of ether oxygens (including phenoxy) is 1. The van der Waals surface area contributed by atoms with E-state index >= 15 is 0 Å². The van der Waals surface area contributed by atoms with Crippen molar-refractivity contribution in [3.8, 4) is 0 Å². The van der Waals surface area contributed by atoms with Crippen LogP contribution in [0, 0.1) is 5.92 Å². The Hall–Kier alpha value is -1.88. The third-order valence-electron chi connectivity index (χ3n) is 2.94. The summed E-state index contributed by atoms with van der Waals surface area (Å²) in [7, 11) is 0. The maximum atomic E-state index is 11.9. The Morgan fingerprint density at radius 1 is 1.20 bits per heavy atom. The molecule has 0 fully saturated rings. The lowest BCUT2D eigenvalue weighted by Crippen LogP contribution is -2.48. The van der Waals surface area contributed by atoms with E-state index in [2.05, 4.69) is 5.32 Å². The number of benzene rings is 1. The van der Waals surface area contributed by atoms with E-state index in [9.17, 15) is 9.59 Å². The molecule has 20 heavy (non-hydrogen) atoms. The summed E-state index contributed by atoms with van der Waals surface area (Å²) in [6.07, 6.45) is -0.698. The van der Waals surface area contributed by atoms with Gasteiger partial charge in [-0.1, -0.05) is 44.2 Å². The van der Waals surface area contributed by atoms with Crippen LogP contribution in [-0.2, 0) is 20.9 Å². The topological polar surface area (TPSA) is 75.6 Å². The van der Waals surface area contributed by atoms with Crippen molar-refractivity contribution in [2.24, 2.45) is 5.92 Å². The number of carbonyl (C=O) groups excluding carboxylic acids is 1. The molecule has 0 spiro atoms. The second-order valence-corrected chi connectivity index (χ2v) is 5.01. The monoisotopic (exact) mass is 279 g/mol. The summed E-state index contributed by atoms with van der Waals surface area (Å²) in [5, 5.41) is 11.5. The van der Waals surface area contributed by atoms with Gasteiger partial charge in [-0.2, -0.15) is 0 Å². The highest BCUT2D eigenvalue weighted by molar-refractivity contribution is 5.86. The normalized spacial score (nSPS) is 13.8. The van der Waals surface area contributed by atoms with Gasteiger partial charge in [-0.15, -0.1) is 0 Å². The number of aliphatic carboxylic acids is 1. The third kappa shape index (κ3) is 5.01. The minimum atomic E-state index is -1.04. The second-order valence-electron chi connectivity index (χ2n) is 5.01. The fourth-order valence-electron chi connectivity index (χ4n) is 1.66. The van der Waals surface area contributed by atoms with Crippen molar-refractivity contribution >= 4 is 11.9 Å². The van der Waals surface area contributed by atoms with Crippen LogP contribution in [0.5, 0.6) is 0 Å². The Bertz CT molecular complexity index is 444. The summed E-state index contributed by atoms with van der Waals surface area (Å²) >= 11 is 0. The summed E-state index contributed by atoms with van der Waals surface area (Å²) < 4.78 is 5.45. The molecular formula is C15H21NO4. The van der Waals surface area contributed by atoms with Crippen molar-refractivity contribution in [1.29, 1.82) is 0 Å². The quantitative estimate of drug-likeness (QED) is 0.798. The van der Waals surface area contributed by atoms with Crippen molar-refractivity contribution in [2.75, 3.05) is 0 Å². The molecule has 0 aromatic heterocycles. The van der Waals surface area contributed by atoms with Crippen LogP contribution in [0.4, 0.5) is 0 Å². The van der Waals surface area contributed by atoms with Gasteiger partial charge in [0.2, 0.25) is 5.91 Å². The van der Waals surface area contributed by atoms with E-state index in [-0.39, 0.29) is 5.92 Å². The van der Waals surface area contributed by atoms with Crippen molar-refractivity contribution in [1.82, 2.24) is 5.32 Å². The van der Waals surface area contributed by atoms with Gasteiger partial charge >= 0.3 is 5.97 Å². The van der Waals surface area contributed by atoms with Gasteiger partial charge < -0.3 is 15.2 Å². The molecule has 110 valence electrons. The molecule has 5 nitrogen and oxygen atoms in total. The number of carbonyl (C=O) groups is 2. The fraction of sp³-hybridized carbons (Fsp3) is 0.467. The summed E-state index contributed by atoms with van der Waals surface area (Å²) in [6, 6.07) is 8.59. The largest absolute Gasteiger partial charge is 0.480 e. The van der Waals surface area contributed by atoms with E-state index in [1.165, 1.54) is 0 Å². The Balaban J connectivity index is 2.48. The van der Waals surface area contributed by atoms with E-state index in [0.717, 1.165) is 5.56 Å². The maximum Gasteiger partial charge on any atom is 0.326 e. The average Bonchev–Trinajstić information content (AvgIpc) is 2.42. The van der Waals surface area contributed by atoms with Crippen LogP contribution in [0.1, 0.15) is 26.3 Å². The molecule has 0 aliphatic heterocycles. The molecule has 1 amide bonds. The molecule has 0 radical (unpaired) electrons. The van der Waals surface area contributed by atoms with Crippen LogP contribution in [0.25, 0.3) is 0 Å². The Kier molecular flexibility index (Phi) is 6.18.